The van der Waals surface area contributed by atoms with Crippen LogP contribution in [-0.2, 0) is 16.0 Å². The minimum Gasteiger partial charge on any atom is -0.481 e. The molecule has 104 valence electrons. The minimum atomic E-state index is -0.840. The molecule has 1 fully saturated rings. The van der Waals surface area contributed by atoms with Crippen molar-refractivity contribution in [1.82, 2.24) is 10.1 Å². The second-order valence-corrected chi connectivity index (χ2v) is 5.03. The maximum atomic E-state index is 12.0. The van der Waals surface area contributed by atoms with Gasteiger partial charge in [-0.25, -0.2) is 0 Å². The Hall–Kier alpha value is -1.56. The summed E-state index contributed by atoms with van der Waals surface area (Å²) in [5.41, 5.74) is 1.42. The number of carboxylic acid groups (broad SMARTS) is 1. The fourth-order valence-corrected chi connectivity index (χ4v) is 2.48. The van der Waals surface area contributed by atoms with Crippen molar-refractivity contribution in [3.63, 3.8) is 0 Å². The van der Waals surface area contributed by atoms with E-state index in [4.69, 9.17) is 21.2 Å². The van der Waals surface area contributed by atoms with Gasteiger partial charge in [0, 0.05) is 25.1 Å². The van der Waals surface area contributed by atoms with Gasteiger partial charge in [0.1, 0.15) is 0 Å². The number of aliphatic carboxylic acids is 1. The van der Waals surface area contributed by atoms with E-state index in [0.29, 0.717) is 31.6 Å². The van der Waals surface area contributed by atoms with Crippen molar-refractivity contribution >= 4 is 23.5 Å². The van der Waals surface area contributed by atoms with E-state index in [2.05, 4.69) is 5.16 Å². The maximum Gasteiger partial charge on any atom is 0.308 e. The number of carboxylic acids is 1. The van der Waals surface area contributed by atoms with Crippen molar-refractivity contribution in [1.29, 1.82) is 0 Å². The predicted octanol–water partition coefficient (Wildman–Crippen LogP) is 1.50. The molecule has 0 aliphatic carbocycles. The van der Waals surface area contributed by atoms with Crippen molar-refractivity contribution in [2.24, 2.45) is 5.92 Å². The van der Waals surface area contributed by atoms with Crippen LogP contribution in [0.15, 0.2) is 4.52 Å². The highest BCUT2D eigenvalue weighted by Gasteiger charge is 2.30. The van der Waals surface area contributed by atoms with Crippen molar-refractivity contribution in [2.75, 3.05) is 13.1 Å². The summed E-state index contributed by atoms with van der Waals surface area (Å²) in [6, 6.07) is 0. The van der Waals surface area contributed by atoms with E-state index in [0.717, 1.165) is 5.56 Å². The summed E-state index contributed by atoms with van der Waals surface area (Å²) < 4.78 is 4.81. The Labute approximate surface area is 115 Å². The zero-order valence-corrected chi connectivity index (χ0v) is 11.3. The minimum absolute atomic E-state index is 0.0552. The number of hydrogen-bond donors (Lipinski definition) is 1. The Kier molecular flexibility index (Phi) is 4.09. The maximum absolute atomic E-state index is 12.0. The lowest BCUT2D eigenvalue weighted by Gasteiger charge is -2.15. The zero-order chi connectivity index (χ0) is 14.0. The summed E-state index contributed by atoms with van der Waals surface area (Å²) in [6.45, 7) is 2.57. The summed E-state index contributed by atoms with van der Waals surface area (Å²) >= 11 is 5.82. The van der Waals surface area contributed by atoms with Gasteiger partial charge in [-0.3, -0.25) is 9.59 Å². The van der Waals surface area contributed by atoms with Gasteiger partial charge in [0.2, 0.25) is 11.1 Å². The molecule has 2 heterocycles. The van der Waals surface area contributed by atoms with Gasteiger partial charge >= 0.3 is 5.97 Å². The number of likely N-dealkylation sites (tertiary alicyclic amines) is 1. The molecule has 1 aromatic heterocycles. The van der Waals surface area contributed by atoms with Crippen LogP contribution in [0.5, 0.6) is 0 Å². The molecule has 0 aromatic carbocycles. The van der Waals surface area contributed by atoms with Gasteiger partial charge in [-0.05, 0) is 31.4 Å². The lowest BCUT2D eigenvalue weighted by Crippen LogP contribution is -2.30. The van der Waals surface area contributed by atoms with E-state index in [1.807, 2.05) is 0 Å². The number of aromatic nitrogens is 1. The zero-order valence-electron chi connectivity index (χ0n) is 10.6. The van der Waals surface area contributed by atoms with Crippen molar-refractivity contribution < 1.29 is 19.2 Å². The van der Waals surface area contributed by atoms with Crippen LogP contribution in [-0.4, -0.2) is 40.1 Å². The van der Waals surface area contributed by atoms with Crippen LogP contribution in [0.1, 0.15) is 24.1 Å². The highest BCUT2D eigenvalue weighted by molar-refractivity contribution is 6.29. The number of nitrogens with zero attached hydrogens (tertiary/aromatic N) is 2. The first-order chi connectivity index (χ1) is 8.99. The van der Waals surface area contributed by atoms with E-state index in [1.165, 1.54) is 0 Å². The SMILES string of the molecule is Cc1noc(Cl)c1CCC(=O)N1CCC(C(=O)O)C1. The molecule has 19 heavy (non-hydrogen) atoms. The van der Waals surface area contributed by atoms with Crippen molar-refractivity contribution in [2.45, 2.75) is 26.2 Å². The molecule has 0 bridgehead atoms. The topological polar surface area (TPSA) is 83.6 Å². The first-order valence-electron chi connectivity index (χ1n) is 6.10. The molecule has 1 aromatic rings. The Morgan fingerprint density at radius 2 is 2.32 bits per heavy atom. The Morgan fingerprint density at radius 3 is 2.84 bits per heavy atom. The number of amides is 1. The van der Waals surface area contributed by atoms with E-state index < -0.39 is 11.9 Å². The average Bonchev–Trinajstić information content (AvgIpc) is 2.95. The monoisotopic (exact) mass is 286 g/mol. The lowest BCUT2D eigenvalue weighted by molar-refractivity contribution is -0.141. The van der Waals surface area contributed by atoms with E-state index in [1.54, 1.807) is 11.8 Å². The van der Waals surface area contributed by atoms with E-state index in [-0.39, 0.29) is 17.5 Å². The van der Waals surface area contributed by atoms with Crippen LogP contribution in [0.2, 0.25) is 5.22 Å². The Bertz CT molecular complexity index is 480. The molecule has 2 rings (SSSR count). The largest absolute Gasteiger partial charge is 0.481 e. The van der Waals surface area contributed by atoms with Crippen LogP contribution >= 0.6 is 11.6 Å². The Balaban J connectivity index is 1.87. The fraction of sp³-hybridized carbons (Fsp3) is 0.583. The second kappa shape index (κ2) is 5.61. The molecule has 6 nitrogen and oxygen atoms in total. The van der Waals surface area contributed by atoms with Crippen LogP contribution in [0.25, 0.3) is 0 Å². The number of aryl methyl sites for hydroxylation is 1. The molecule has 1 aliphatic rings. The summed E-state index contributed by atoms with van der Waals surface area (Å²) in [6.07, 6.45) is 1.27. The van der Waals surface area contributed by atoms with Gasteiger partial charge in [-0.2, -0.15) is 0 Å². The van der Waals surface area contributed by atoms with Gasteiger partial charge in [-0.1, -0.05) is 5.16 Å². The van der Waals surface area contributed by atoms with Crippen LogP contribution in [0.4, 0.5) is 0 Å². The highest BCUT2D eigenvalue weighted by Crippen LogP contribution is 2.22. The molecule has 0 saturated carbocycles. The molecule has 0 spiro atoms. The quantitative estimate of drug-likeness (QED) is 0.907. The normalized spacial score (nSPS) is 18.8. The van der Waals surface area contributed by atoms with Gasteiger partial charge in [0.25, 0.3) is 0 Å². The first kappa shape index (κ1) is 13.9. The van der Waals surface area contributed by atoms with Gasteiger partial charge in [-0.15, -0.1) is 0 Å². The molecular weight excluding hydrogens is 272 g/mol. The second-order valence-electron chi connectivity index (χ2n) is 4.68. The van der Waals surface area contributed by atoms with Crippen LogP contribution in [0.3, 0.4) is 0 Å². The van der Waals surface area contributed by atoms with Crippen molar-refractivity contribution in [3.05, 3.63) is 16.5 Å². The molecule has 0 radical (unpaired) electrons. The smallest absolute Gasteiger partial charge is 0.308 e. The summed E-state index contributed by atoms with van der Waals surface area (Å²) in [5, 5.41) is 12.8. The number of hydrogen-bond acceptors (Lipinski definition) is 4. The number of carbonyl (C=O) groups excluding carboxylic acids is 1. The number of carbonyl (C=O) groups is 2. The number of halogens is 1. The third kappa shape index (κ3) is 3.07. The molecule has 7 heteroatoms. The third-order valence-electron chi connectivity index (χ3n) is 3.42. The molecule has 1 atom stereocenters. The highest BCUT2D eigenvalue weighted by atomic mass is 35.5. The molecular formula is C12H15ClN2O4. The first-order valence-corrected chi connectivity index (χ1v) is 6.48. The fourth-order valence-electron chi connectivity index (χ4n) is 2.22. The number of rotatable bonds is 4. The molecule has 1 amide bonds. The van der Waals surface area contributed by atoms with Gasteiger partial charge < -0.3 is 14.5 Å². The van der Waals surface area contributed by atoms with Gasteiger partial charge in [0.05, 0.1) is 11.6 Å². The summed E-state index contributed by atoms with van der Waals surface area (Å²) in [5.74, 6) is -1.33. The van der Waals surface area contributed by atoms with Crippen LogP contribution < -0.4 is 0 Å². The van der Waals surface area contributed by atoms with E-state index >= 15 is 0 Å². The predicted molar refractivity (Wildman–Crippen MR) is 66.9 cm³/mol. The van der Waals surface area contributed by atoms with Gasteiger partial charge in [0.15, 0.2) is 0 Å². The van der Waals surface area contributed by atoms with E-state index in [9.17, 15) is 9.59 Å². The van der Waals surface area contributed by atoms with Crippen LogP contribution in [0, 0.1) is 12.8 Å². The Morgan fingerprint density at radius 1 is 1.58 bits per heavy atom. The molecule has 1 unspecified atom stereocenters. The molecule has 1 N–H and O–H groups in total. The summed E-state index contributed by atoms with van der Waals surface area (Å²) in [7, 11) is 0. The average molecular weight is 287 g/mol. The molecule has 1 aliphatic heterocycles. The standard InChI is InChI=1S/C12H15ClN2O4/c1-7-9(11(13)19-14-7)2-3-10(16)15-5-4-8(6-15)12(17)18/h8H,2-6H2,1H3,(H,17,18). The van der Waals surface area contributed by atoms with Crippen molar-refractivity contribution in [3.8, 4) is 0 Å². The summed E-state index contributed by atoms with van der Waals surface area (Å²) in [4.78, 5) is 24.4. The molecule has 1 saturated heterocycles. The third-order valence-corrected chi connectivity index (χ3v) is 3.71. The lowest BCUT2D eigenvalue weighted by atomic mass is 10.1.